The lowest BCUT2D eigenvalue weighted by Gasteiger charge is -2.07. The zero-order valence-corrected chi connectivity index (χ0v) is 11.4. The van der Waals surface area contributed by atoms with Crippen LogP contribution < -0.4 is 10.9 Å². The highest BCUT2D eigenvalue weighted by Gasteiger charge is 2.11. The average Bonchev–Trinajstić information content (AvgIpc) is 2.29. The molecule has 0 atom stereocenters. The van der Waals surface area contributed by atoms with Gasteiger partial charge in [-0.3, -0.25) is 4.79 Å². The number of carbonyl (C=O) groups is 1. The van der Waals surface area contributed by atoms with E-state index in [1.807, 2.05) is 0 Å². The van der Waals surface area contributed by atoms with Crippen molar-refractivity contribution in [1.82, 2.24) is 0 Å². The van der Waals surface area contributed by atoms with Gasteiger partial charge in [-0.25, -0.2) is 13.6 Å². The number of methoxy groups -OCH3 is 1. The van der Waals surface area contributed by atoms with E-state index in [2.05, 4.69) is 4.74 Å². The molecule has 6 nitrogen and oxygen atoms in total. The monoisotopic (exact) mass is 290 g/mol. The molecular weight excluding hydrogens is 276 g/mol. The van der Waals surface area contributed by atoms with Crippen LogP contribution in [0.1, 0.15) is 6.42 Å². The summed E-state index contributed by atoms with van der Waals surface area (Å²) >= 11 is 1.28. The standard InChI is InChI=1S/C10H14N2O4S2/c1-16-10(13)4-5-17-9-6-7(18(12,14)15)2-3-8(9)11/h2-3,6H,4-5,11H2,1H3,(H2,12,14,15). The Morgan fingerprint density at radius 3 is 2.67 bits per heavy atom. The third-order valence-electron chi connectivity index (χ3n) is 2.10. The summed E-state index contributed by atoms with van der Waals surface area (Å²) in [5.74, 6) is 0.119. The minimum Gasteiger partial charge on any atom is -0.469 e. The Hall–Kier alpha value is -1.25. The van der Waals surface area contributed by atoms with Crippen LogP contribution in [0.25, 0.3) is 0 Å². The second kappa shape index (κ2) is 6.07. The maximum Gasteiger partial charge on any atom is 0.306 e. The fourth-order valence-corrected chi connectivity index (χ4v) is 2.71. The van der Waals surface area contributed by atoms with E-state index in [0.717, 1.165) is 0 Å². The van der Waals surface area contributed by atoms with Crippen LogP contribution in [0.2, 0.25) is 0 Å². The molecule has 0 aliphatic heterocycles. The van der Waals surface area contributed by atoms with Crippen LogP contribution in [0.3, 0.4) is 0 Å². The third-order valence-corrected chi connectivity index (χ3v) is 4.09. The van der Waals surface area contributed by atoms with Gasteiger partial charge in [-0.15, -0.1) is 11.8 Å². The summed E-state index contributed by atoms with van der Waals surface area (Å²) in [7, 11) is -2.44. The van der Waals surface area contributed by atoms with Gasteiger partial charge in [0.2, 0.25) is 10.0 Å². The Bertz CT molecular complexity index is 543. The lowest BCUT2D eigenvalue weighted by Crippen LogP contribution is -2.12. The van der Waals surface area contributed by atoms with E-state index in [1.54, 1.807) is 0 Å². The number of nitrogens with two attached hydrogens (primary N) is 2. The number of hydrogen-bond acceptors (Lipinski definition) is 6. The normalized spacial score (nSPS) is 11.2. The number of carbonyl (C=O) groups excluding carboxylic acids is 1. The first-order valence-electron chi connectivity index (χ1n) is 4.96. The summed E-state index contributed by atoms with van der Waals surface area (Å²) in [5, 5.41) is 5.02. The van der Waals surface area contributed by atoms with Crippen LogP contribution in [0, 0.1) is 0 Å². The molecule has 100 valence electrons. The summed E-state index contributed by atoms with van der Waals surface area (Å²) in [6.45, 7) is 0. The fourth-order valence-electron chi connectivity index (χ4n) is 1.16. The molecule has 4 N–H and O–H groups in total. The molecule has 0 aromatic heterocycles. The van der Waals surface area contributed by atoms with Crippen molar-refractivity contribution >= 4 is 33.4 Å². The number of hydrogen-bond donors (Lipinski definition) is 2. The largest absolute Gasteiger partial charge is 0.469 e. The highest BCUT2D eigenvalue weighted by Crippen LogP contribution is 2.27. The number of thioether (sulfide) groups is 1. The van der Waals surface area contributed by atoms with E-state index >= 15 is 0 Å². The van der Waals surface area contributed by atoms with Crippen molar-refractivity contribution in [3.63, 3.8) is 0 Å². The van der Waals surface area contributed by atoms with Gasteiger partial charge >= 0.3 is 5.97 Å². The molecule has 0 amide bonds. The van der Waals surface area contributed by atoms with E-state index in [-0.39, 0.29) is 17.3 Å². The molecule has 0 aliphatic carbocycles. The minimum atomic E-state index is -3.75. The molecule has 0 spiro atoms. The van der Waals surface area contributed by atoms with Crippen molar-refractivity contribution < 1.29 is 17.9 Å². The average molecular weight is 290 g/mol. The topological polar surface area (TPSA) is 112 Å². The first kappa shape index (κ1) is 14.8. The Morgan fingerprint density at radius 2 is 2.11 bits per heavy atom. The minimum absolute atomic E-state index is 0.00253. The van der Waals surface area contributed by atoms with Crippen molar-refractivity contribution in [2.24, 2.45) is 5.14 Å². The van der Waals surface area contributed by atoms with Crippen LogP contribution in [0.15, 0.2) is 28.0 Å². The Morgan fingerprint density at radius 1 is 1.44 bits per heavy atom. The summed E-state index contributed by atoms with van der Waals surface area (Å²) in [6.07, 6.45) is 0.222. The van der Waals surface area contributed by atoms with Crippen LogP contribution in [-0.2, 0) is 19.6 Å². The van der Waals surface area contributed by atoms with Gasteiger partial charge in [-0.05, 0) is 18.2 Å². The Labute approximate surface area is 110 Å². The number of rotatable bonds is 5. The lowest BCUT2D eigenvalue weighted by molar-refractivity contribution is -0.140. The number of anilines is 1. The highest BCUT2D eigenvalue weighted by molar-refractivity contribution is 7.99. The van der Waals surface area contributed by atoms with Crippen molar-refractivity contribution in [3.8, 4) is 0 Å². The molecule has 1 aromatic carbocycles. The molecule has 0 heterocycles. The number of benzene rings is 1. The predicted octanol–water partition coefficient (Wildman–Crippen LogP) is 0.571. The van der Waals surface area contributed by atoms with Crippen molar-refractivity contribution in [2.75, 3.05) is 18.6 Å². The Kier molecular flexibility index (Phi) is 5.00. The van der Waals surface area contributed by atoms with E-state index in [1.165, 1.54) is 37.1 Å². The molecule has 18 heavy (non-hydrogen) atoms. The lowest BCUT2D eigenvalue weighted by atomic mass is 10.3. The molecule has 0 fully saturated rings. The van der Waals surface area contributed by atoms with E-state index in [9.17, 15) is 13.2 Å². The number of sulfonamides is 1. The SMILES string of the molecule is COC(=O)CCSc1cc(S(N)(=O)=O)ccc1N. The number of ether oxygens (including phenoxy) is 1. The number of esters is 1. The van der Waals surface area contributed by atoms with E-state index < -0.39 is 10.0 Å². The molecular formula is C10H14N2O4S2. The van der Waals surface area contributed by atoms with Gasteiger partial charge in [0, 0.05) is 16.3 Å². The van der Waals surface area contributed by atoms with Crippen molar-refractivity contribution in [2.45, 2.75) is 16.2 Å². The molecule has 8 heteroatoms. The third kappa shape index (κ3) is 4.21. The smallest absolute Gasteiger partial charge is 0.306 e. The molecule has 0 bridgehead atoms. The summed E-state index contributed by atoms with van der Waals surface area (Å²) in [4.78, 5) is 11.5. The zero-order valence-electron chi connectivity index (χ0n) is 9.75. The van der Waals surface area contributed by atoms with Gasteiger partial charge in [0.1, 0.15) is 0 Å². The first-order valence-corrected chi connectivity index (χ1v) is 7.49. The van der Waals surface area contributed by atoms with Gasteiger partial charge in [-0.1, -0.05) is 0 Å². The Balaban J connectivity index is 2.79. The molecule has 0 radical (unpaired) electrons. The predicted molar refractivity (Wildman–Crippen MR) is 69.6 cm³/mol. The van der Waals surface area contributed by atoms with Crippen molar-refractivity contribution in [1.29, 1.82) is 0 Å². The number of nitrogen functional groups attached to an aromatic ring is 1. The van der Waals surface area contributed by atoms with E-state index in [0.29, 0.717) is 16.3 Å². The number of primary sulfonamides is 1. The zero-order chi connectivity index (χ0) is 13.8. The van der Waals surface area contributed by atoms with Gasteiger partial charge in [-0.2, -0.15) is 0 Å². The molecule has 0 aliphatic rings. The summed E-state index contributed by atoms with van der Waals surface area (Å²) in [6, 6.07) is 4.21. The highest BCUT2D eigenvalue weighted by atomic mass is 32.2. The van der Waals surface area contributed by atoms with Gasteiger partial charge < -0.3 is 10.5 Å². The van der Waals surface area contributed by atoms with Crippen LogP contribution >= 0.6 is 11.8 Å². The summed E-state index contributed by atoms with van der Waals surface area (Å²) in [5.41, 5.74) is 6.15. The second-order valence-corrected chi connectivity index (χ2v) is 6.12. The van der Waals surface area contributed by atoms with E-state index in [4.69, 9.17) is 10.9 Å². The molecule has 1 aromatic rings. The van der Waals surface area contributed by atoms with Gasteiger partial charge in [0.05, 0.1) is 18.4 Å². The quantitative estimate of drug-likeness (QED) is 0.466. The maximum absolute atomic E-state index is 11.2. The molecule has 0 saturated carbocycles. The molecule has 1 rings (SSSR count). The van der Waals surface area contributed by atoms with Gasteiger partial charge in [0.15, 0.2) is 0 Å². The van der Waals surface area contributed by atoms with Crippen molar-refractivity contribution in [3.05, 3.63) is 18.2 Å². The second-order valence-electron chi connectivity index (χ2n) is 3.42. The first-order chi connectivity index (χ1) is 8.34. The molecule has 0 unspecified atom stereocenters. The van der Waals surface area contributed by atoms with Crippen LogP contribution in [0.5, 0.6) is 0 Å². The van der Waals surface area contributed by atoms with Gasteiger partial charge in [0.25, 0.3) is 0 Å². The maximum atomic E-state index is 11.2. The van der Waals surface area contributed by atoms with Crippen LogP contribution in [0.4, 0.5) is 5.69 Å². The summed E-state index contributed by atoms with van der Waals surface area (Å²) < 4.78 is 26.9. The van der Waals surface area contributed by atoms with Crippen LogP contribution in [-0.4, -0.2) is 27.2 Å². The fraction of sp³-hybridized carbons (Fsp3) is 0.300. The molecule has 0 saturated heterocycles.